The van der Waals surface area contributed by atoms with Crippen molar-refractivity contribution in [1.29, 1.82) is 0 Å². The highest BCUT2D eigenvalue weighted by Gasteiger charge is 2.09. The highest BCUT2D eigenvalue weighted by molar-refractivity contribution is 5.95. The summed E-state index contributed by atoms with van der Waals surface area (Å²) in [5, 5.41) is 2.80. The second-order valence-electron chi connectivity index (χ2n) is 3.89. The van der Waals surface area contributed by atoms with Crippen molar-refractivity contribution < 1.29 is 4.79 Å². The number of aromatic nitrogens is 2. The Morgan fingerprint density at radius 2 is 2.33 bits per heavy atom. The number of imidazole rings is 1. The van der Waals surface area contributed by atoms with Crippen molar-refractivity contribution in [3.8, 4) is 0 Å². The molecule has 6 heteroatoms. The summed E-state index contributed by atoms with van der Waals surface area (Å²) in [5.74, 6) is 5.90. The van der Waals surface area contributed by atoms with Crippen LogP contribution in [0, 0.1) is 6.92 Å². The van der Waals surface area contributed by atoms with E-state index in [2.05, 4.69) is 20.7 Å². The van der Waals surface area contributed by atoms with Crippen LogP contribution in [0.25, 0.3) is 0 Å². The second-order valence-corrected chi connectivity index (χ2v) is 3.89. The van der Waals surface area contributed by atoms with Crippen LogP contribution < -0.4 is 16.6 Å². The van der Waals surface area contributed by atoms with Crippen LogP contribution in [0.3, 0.4) is 0 Å². The van der Waals surface area contributed by atoms with Crippen LogP contribution in [0.15, 0.2) is 30.6 Å². The summed E-state index contributed by atoms with van der Waals surface area (Å²) in [4.78, 5) is 18.9. The molecule has 5 N–H and O–H groups in total. The van der Waals surface area contributed by atoms with Gasteiger partial charge >= 0.3 is 0 Å². The van der Waals surface area contributed by atoms with Crippen molar-refractivity contribution in [3.05, 3.63) is 47.5 Å². The molecule has 0 spiro atoms. The van der Waals surface area contributed by atoms with Crippen LogP contribution in [0.4, 0.5) is 5.69 Å². The minimum atomic E-state index is -0.132. The van der Waals surface area contributed by atoms with E-state index in [-0.39, 0.29) is 5.91 Å². The number of rotatable bonds is 4. The van der Waals surface area contributed by atoms with Crippen molar-refractivity contribution in [1.82, 2.24) is 15.3 Å². The topological polar surface area (TPSA) is 95.8 Å². The molecule has 0 aliphatic carbocycles. The summed E-state index contributed by atoms with van der Waals surface area (Å²) < 4.78 is 0. The van der Waals surface area contributed by atoms with E-state index >= 15 is 0 Å². The molecule has 0 saturated heterocycles. The molecular weight excluding hydrogens is 230 g/mol. The molecule has 0 saturated carbocycles. The Bertz CT molecular complexity index is 535. The molecule has 1 aromatic heterocycles. The molecule has 0 aliphatic heterocycles. The highest BCUT2D eigenvalue weighted by Crippen LogP contribution is 2.14. The van der Waals surface area contributed by atoms with Gasteiger partial charge in [-0.2, -0.15) is 0 Å². The van der Waals surface area contributed by atoms with Gasteiger partial charge in [-0.3, -0.25) is 10.6 Å². The number of hydrazine groups is 1. The first-order valence-corrected chi connectivity index (χ1v) is 5.54. The van der Waals surface area contributed by atoms with E-state index < -0.39 is 0 Å². The molecular formula is C12H15N5O. The molecule has 6 nitrogen and oxygen atoms in total. The number of benzene rings is 1. The monoisotopic (exact) mass is 245 g/mol. The van der Waals surface area contributed by atoms with E-state index in [0.717, 1.165) is 17.1 Å². The van der Waals surface area contributed by atoms with Gasteiger partial charge in [0.15, 0.2) is 0 Å². The van der Waals surface area contributed by atoms with Crippen LogP contribution in [0.1, 0.15) is 21.7 Å². The lowest BCUT2D eigenvalue weighted by Gasteiger charge is -2.08. The van der Waals surface area contributed by atoms with Crippen molar-refractivity contribution in [3.63, 3.8) is 0 Å². The first-order valence-electron chi connectivity index (χ1n) is 5.54. The Hall–Kier alpha value is -2.34. The number of anilines is 1. The van der Waals surface area contributed by atoms with Gasteiger partial charge in [-0.15, -0.1) is 0 Å². The molecule has 1 aromatic carbocycles. The second kappa shape index (κ2) is 5.33. The van der Waals surface area contributed by atoms with Crippen molar-refractivity contribution in [2.24, 2.45) is 5.84 Å². The minimum absolute atomic E-state index is 0.132. The molecule has 0 bridgehead atoms. The average molecular weight is 245 g/mol. The number of amides is 1. The van der Waals surface area contributed by atoms with Crippen LogP contribution in [0.5, 0.6) is 0 Å². The Kier molecular flexibility index (Phi) is 3.59. The van der Waals surface area contributed by atoms with Crippen LogP contribution in [-0.2, 0) is 6.54 Å². The number of aromatic amines is 1. The quantitative estimate of drug-likeness (QED) is 0.476. The average Bonchev–Trinajstić information content (AvgIpc) is 2.88. The summed E-state index contributed by atoms with van der Waals surface area (Å²) in [5.41, 5.74) is 4.80. The zero-order valence-corrected chi connectivity index (χ0v) is 10.0. The fraction of sp³-hybridized carbons (Fsp3) is 0.167. The molecule has 0 atom stereocenters. The van der Waals surface area contributed by atoms with Gasteiger partial charge < -0.3 is 15.7 Å². The molecule has 94 valence electrons. The van der Waals surface area contributed by atoms with Crippen molar-refractivity contribution >= 4 is 11.6 Å². The van der Waals surface area contributed by atoms with E-state index in [1.165, 1.54) is 0 Å². The third-order valence-electron chi connectivity index (χ3n) is 2.61. The Morgan fingerprint density at radius 3 is 2.94 bits per heavy atom. The summed E-state index contributed by atoms with van der Waals surface area (Å²) in [6.45, 7) is 2.24. The normalized spacial score (nSPS) is 10.1. The van der Waals surface area contributed by atoms with Crippen LogP contribution in [0.2, 0.25) is 0 Å². The smallest absolute Gasteiger partial charge is 0.251 e. The maximum Gasteiger partial charge on any atom is 0.251 e. The Labute approximate surface area is 105 Å². The molecule has 18 heavy (non-hydrogen) atoms. The lowest BCUT2D eigenvalue weighted by Crippen LogP contribution is -2.24. The largest absolute Gasteiger partial charge is 0.347 e. The SMILES string of the molecule is Cc1cc(NN)ccc1C(=O)NCc1ncc[nH]1. The highest BCUT2D eigenvalue weighted by atomic mass is 16.1. The minimum Gasteiger partial charge on any atom is -0.347 e. The first kappa shape index (κ1) is 12.1. The summed E-state index contributed by atoms with van der Waals surface area (Å²) in [7, 11) is 0. The van der Waals surface area contributed by atoms with E-state index in [1.54, 1.807) is 24.5 Å². The number of nitrogens with zero attached hydrogens (tertiary/aromatic N) is 1. The number of carbonyl (C=O) groups excluding carboxylic acids is 1. The fourth-order valence-electron chi connectivity index (χ4n) is 1.66. The van der Waals surface area contributed by atoms with Crippen LogP contribution >= 0.6 is 0 Å². The number of nitrogens with two attached hydrogens (primary N) is 1. The first-order chi connectivity index (χ1) is 8.70. The van der Waals surface area contributed by atoms with Gasteiger partial charge in [0.2, 0.25) is 0 Å². The zero-order chi connectivity index (χ0) is 13.0. The van der Waals surface area contributed by atoms with E-state index in [4.69, 9.17) is 5.84 Å². The van der Waals surface area contributed by atoms with Gasteiger partial charge in [-0.25, -0.2) is 4.98 Å². The summed E-state index contributed by atoms with van der Waals surface area (Å²) >= 11 is 0. The number of hydrogen-bond acceptors (Lipinski definition) is 4. The van der Waals surface area contributed by atoms with Gasteiger partial charge in [0.25, 0.3) is 5.91 Å². The van der Waals surface area contributed by atoms with Gasteiger partial charge in [0, 0.05) is 23.6 Å². The van der Waals surface area contributed by atoms with Gasteiger partial charge in [-0.1, -0.05) is 0 Å². The Balaban J connectivity index is 2.04. The van der Waals surface area contributed by atoms with Crippen LogP contribution in [-0.4, -0.2) is 15.9 Å². The lowest BCUT2D eigenvalue weighted by molar-refractivity contribution is 0.0949. The van der Waals surface area contributed by atoms with Gasteiger partial charge in [0.1, 0.15) is 5.82 Å². The molecule has 0 unspecified atom stereocenters. The van der Waals surface area contributed by atoms with Gasteiger partial charge in [0.05, 0.1) is 6.54 Å². The number of nitrogens with one attached hydrogen (secondary N) is 3. The number of carbonyl (C=O) groups is 1. The van der Waals surface area contributed by atoms with Crippen molar-refractivity contribution in [2.45, 2.75) is 13.5 Å². The molecule has 2 aromatic rings. The summed E-state index contributed by atoms with van der Waals surface area (Å²) in [6, 6.07) is 5.32. The standard InChI is InChI=1S/C12H15N5O/c1-8-6-9(17-13)2-3-10(8)12(18)16-7-11-14-4-5-15-11/h2-6,17H,7,13H2,1H3,(H,14,15)(H,16,18). The number of H-pyrrole nitrogens is 1. The Morgan fingerprint density at radius 1 is 1.50 bits per heavy atom. The molecule has 1 amide bonds. The molecule has 1 heterocycles. The number of aryl methyl sites for hydroxylation is 1. The van der Waals surface area contributed by atoms with E-state index in [1.807, 2.05) is 13.0 Å². The molecule has 2 rings (SSSR count). The van der Waals surface area contributed by atoms with E-state index in [0.29, 0.717) is 12.1 Å². The maximum absolute atomic E-state index is 12.0. The molecule has 0 aliphatic rings. The van der Waals surface area contributed by atoms with Gasteiger partial charge in [-0.05, 0) is 30.7 Å². The predicted octanol–water partition coefficient (Wildman–Crippen LogP) is 0.934. The third kappa shape index (κ3) is 2.67. The predicted molar refractivity (Wildman–Crippen MR) is 68.7 cm³/mol. The van der Waals surface area contributed by atoms with Crippen molar-refractivity contribution in [2.75, 3.05) is 5.43 Å². The lowest BCUT2D eigenvalue weighted by atomic mass is 10.1. The third-order valence-corrected chi connectivity index (χ3v) is 2.61. The fourth-order valence-corrected chi connectivity index (χ4v) is 1.66. The zero-order valence-electron chi connectivity index (χ0n) is 10.0. The molecule has 0 fully saturated rings. The summed E-state index contributed by atoms with van der Waals surface area (Å²) in [6.07, 6.45) is 3.36. The number of nitrogen functional groups attached to an aromatic ring is 1. The number of hydrogen-bond donors (Lipinski definition) is 4. The van der Waals surface area contributed by atoms with E-state index in [9.17, 15) is 4.79 Å². The maximum atomic E-state index is 12.0. The molecule has 0 radical (unpaired) electrons.